The van der Waals surface area contributed by atoms with E-state index in [0.717, 1.165) is 16.6 Å². The summed E-state index contributed by atoms with van der Waals surface area (Å²) in [4.78, 5) is 32.0. The monoisotopic (exact) mass is 367 g/mol. The van der Waals surface area contributed by atoms with Crippen LogP contribution in [0, 0.1) is 0 Å². The van der Waals surface area contributed by atoms with Crippen molar-refractivity contribution in [2.45, 2.75) is 13.0 Å². The fourth-order valence-corrected chi connectivity index (χ4v) is 3.55. The molecule has 1 saturated heterocycles. The maximum atomic E-state index is 12.9. The Bertz CT molecular complexity index is 997. The number of carbonyl (C=O) groups excluding carboxylic acids is 2. The van der Waals surface area contributed by atoms with Crippen LogP contribution in [0.4, 0.5) is 5.69 Å². The predicted octanol–water partition coefficient (Wildman–Crippen LogP) is 3.70. The molecule has 1 fully saturated rings. The lowest BCUT2D eigenvalue weighted by molar-refractivity contribution is -0.121. The van der Waals surface area contributed by atoms with Gasteiger partial charge in [-0.1, -0.05) is 17.7 Å². The first-order chi connectivity index (χ1) is 12.5. The van der Waals surface area contributed by atoms with Crippen LogP contribution in [0.5, 0.6) is 0 Å². The van der Waals surface area contributed by atoms with Gasteiger partial charge in [0.15, 0.2) is 0 Å². The SMILES string of the molecule is C[C@@H]1CN(c2cccc(Cl)c2)C(=O)CN1C(=O)c1ccc2[nH]ccc2c1. The molecule has 0 aliphatic carbocycles. The van der Waals surface area contributed by atoms with Gasteiger partial charge < -0.3 is 14.8 Å². The van der Waals surface area contributed by atoms with Crippen molar-refractivity contribution in [2.24, 2.45) is 0 Å². The molecule has 132 valence electrons. The van der Waals surface area contributed by atoms with Gasteiger partial charge >= 0.3 is 0 Å². The van der Waals surface area contributed by atoms with Crippen molar-refractivity contribution < 1.29 is 9.59 Å². The molecular formula is C20H18ClN3O2. The van der Waals surface area contributed by atoms with Gasteiger partial charge in [0.2, 0.25) is 5.91 Å². The third-order valence-corrected chi connectivity index (χ3v) is 5.00. The average molecular weight is 368 g/mol. The number of nitrogens with zero attached hydrogens (tertiary/aromatic N) is 2. The Morgan fingerprint density at radius 3 is 2.85 bits per heavy atom. The highest BCUT2D eigenvalue weighted by atomic mass is 35.5. The van der Waals surface area contributed by atoms with E-state index >= 15 is 0 Å². The maximum Gasteiger partial charge on any atom is 0.254 e. The number of hydrogen-bond donors (Lipinski definition) is 1. The number of anilines is 1. The summed E-state index contributed by atoms with van der Waals surface area (Å²) in [5, 5.41) is 1.56. The Hall–Kier alpha value is -2.79. The Morgan fingerprint density at radius 1 is 1.19 bits per heavy atom. The molecule has 26 heavy (non-hydrogen) atoms. The molecule has 1 aliphatic rings. The molecule has 2 amide bonds. The lowest BCUT2D eigenvalue weighted by Gasteiger charge is -2.39. The van der Waals surface area contributed by atoms with Gasteiger partial charge in [0, 0.05) is 46.0 Å². The van der Waals surface area contributed by atoms with Crippen LogP contribution in [0.1, 0.15) is 17.3 Å². The predicted molar refractivity (Wildman–Crippen MR) is 103 cm³/mol. The van der Waals surface area contributed by atoms with Crippen LogP contribution in [0.2, 0.25) is 5.02 Å². The number of nitrogens with one attached hydrogen (secondary N) is 1. The third-order valence-electron chi connectivity index (χ3n) is 4.77. The first-order valence-electron chi connectivity index (χ1n) is 8.47. The summed E-state index contributed by atoms with van der Waals surface area (Å²) >= 11 is 6.04. The van der Waals surface area contributed by atoms with E-state index in [9.17, 15) is 9.59 Å². The van der Waals surface area contributed by atoms with Crippen molar-refractivity contribution in [1.82, 2.24) is 9.88 Å². The molecule has 1 atom stereocenters. The van der Waals surface area contributed by atoms with Gasteiger partial charge in [0.05, 0.1) is 0 Å². The molecule has 1 N–H and O–H groups in total. The van der Waals surface area contributed by atoms with Crippen LogP contribution in [-0.2, 0) is 4.79 Å². The second kappa shape index (κ2) is 6.50. The molecule has 0 saturated carbocycles. The number of hydrogen-bond acceptors (Lipinski definition) is 2. The molecule has 0 unspecified atom stereocenters. The fourth-order valence-electron chi connectivity index (χ4n) is 3.37. The van der Waals surface area contributed by atoms with Gasteiger partial charge in [-0.2, -0.15) is 0 Å². The van der Waals surface area contributed by atoms with E-state index in [4.69, 9.17) is 11.6 Å². The number of carbonyl (C=O) groups is 2. The Labute approximate surface area is 156 Å². The number of aromatic amines is 1. The van der Waals surface area contributed by atoms with Gasteiger partial charge in [0.25, 0.3) is 5.91 Å². The van der Waals surface area contributed by atoms with Crippen molar-refractivity contribution in [1.29, 1.82) is 0 Å². The van der Waals surface area contributed by atoms with Gasteiger partial charge in [-0.15, -0.1) is 0 Å². The Balaban J connectivity index is 1.57. The molecule has 3 aromatic rings. The number of benzene rings is 2. The third kappa shape index (κ3) is 2.95. The average Bonchev–Trinajstić information content (AvgIpc) is 3.10. The molecule has 6 heteroatoms. The quantitative estimate of drug-likeness (QED) is 0.750. The zero-order valence-electron chi connectivity index (χ0n) is 14.3. The fraction of sp³-hybridized carbons (Fsp3) is 0.200. The highest BCUT2D eigenvalue weighted by molar-refractivity contribution is 6.31. The minimum atomic E-state index is -0.125. The van der Waals surface area contributed by atoms with E-state index in [2.05, 4.69) is 4.98 Å². The number of amides is 2. The van der Waals surface area contributed by atoms with Crippen LogP contribution in [0.15, 0.2) is 54.7 Å². The van der Waals surface area contributed by atoms with Gasteiger partial charge in [-0.25, -0.2) is 0 Å². The van der Waals surface area contributed by atoms with Crippen molar-refractivity contribution >= 4 is 40.0 Å². The molecule has 2 heterocycles. The summed E-state index contributed by atoms with van der Waals surface area (Å²) in [6.07, 6.45) is 1.84. The van der Waals surface area contributed by atoms with Crippen molar-refractivity contribution in [2.75, 3.05) is 18.0 Å². The topological polar surface area (TPSA) is 56.4 Å². The summed E-state index contributed by atoms with van der Waals surface area (Å²) in [7, 11) is 0. The van der Waals surface area contributed by atoms with E-state index in [1.807, 2.05) is 43.5 Å². The smallest absolute Gasteiger partial charge is 0.254 e. The zero-order valence-corrected chi connectivity index (χ0v) is 15.0. The number of rotatable bonds is 2. The summed E-state index contributed by atoms with van der Waals surface area (Å²) in [5.41, 5.74) is 2.33. The van der Waals surface area contributed by atoms with E-state index in [1.165, 1.54) is 0 Å². The molecule has 1 aliphatic heterocycles. The van der Waals surface area contributed by atoms with Crippen LogP contribution in [0.3, 0.4) is 0 Å². The van der Waals surface area contributed by atoms with Gasteiger partial charge in [-0.3, -0.25) is 9.59 Å². The number of aromatic nitrogens is 1. The molecule has 0 bridgehead atoms. The Kier molecular flexibility index (Phi) is 4.17. The van der Waals surface area contributed by atoms with Crippen molar-refractivity contribution in [3.05, 3.63) is 65.3 Å². The van der Waals surface area contributed by atoms with Crippen molar-refractivity contribution in [3.63, 3.8) is 0 Å². The number of piperazine rings is 1. The summed E-state index contributed by atoms with van der Waals surface area (Å²) in [6.45, 7) is 2.45. The summed E-state index contributed by atoms with van der Waals surface area (Å²) in [6, 6.07) is 14.6. The van der Waals surface area contributed by atoms with Gasteiger partial charge in [-0.05, 0) is 49.4 Å². The summed E-state index contributed by atoms with van der Waals surface area (Å²) in [5.74, 6) is -0.235. The Morgan fingerprint density at radius 2 is 2.04 bits per heavy atom. The largest absolute Gasteiger partial charge is 0.361 e. The molecule has 0 radical (unpaired) electrons. The minimum Gasteiger partial charge on any atom is -0.361 e. The van der Waals surface area contributed by atoms with E-state index < -0.39 is 0 Å². The summed E-state index contributed by atoms with van der Waals surface area (Å²) < 4.78 is 0. The van der Waals surface area contributed by atoms with Gasteiger partial charge in [0.1, 0.15) is 6.54 Å². The number of fused-ring (bicyclic) bond motifs is 1. The standard InChI is InChI=1S/C20H18ClN3O2/c1-13-11-24(17-4-2-3-16(21)10-17)19(25)12-23(13)20(26)15-5-6-18-14(9-15)7-8-22-18/h2-10,13,22H,11-12H2,1H3/t13-/m1/s1. The second-order valence-corrected chi connectivity index (χ2v) is 6.98. The van der Waals surface area contributed by atoms with E-state index in [0.29, 0.717) is 17.1 Å². The number of halogens is 1. The minimum absolute atomic E-state index is 0.0533. The molecule has 2 aromatic carbocycles. The lowest BCUT2D eigenvalue weighted by Crippen LogP contribution is -2.57. The molecule has 4 rings (SSSR count). The number of H-pyrrole nitrogens is 1. The zero-order chi connectivity index (χ0) is 18.3. The first-order valence-corrected chi connectivity index (χ1v) is 8.85. The van der Waals surface area contributed by atoms with E-state index in [-0.39, 0.29) is 24.4 Å². The molecule has 0 spiro atoms. The van der Waals surface area contributed by atoms with Crippen LogP contribution >= 0.6 is 11.6 Å². The first kappa shape index (κ1) is 16.7. The van der Waals surface area contributed by atoms with E-state index in [1.54, 1.807) is 28.0 Å². The molecule has 5 nitrogen and oxygen atoms in total. The molecule has 1 aromatic heterocycles. The lowest BCUT2D eigenvalue weighted by atomic mass is 10.1. The van der Waals surface area contributed by atoms with Crippen LogP contribution in [-0.4, -0.2) is 40.8 Å². The van der Waals surface area contributed by atoms with Crippen LogP contribution < -0.4 is 4.90 Å². The second-order valence-electron chi connectivity index (χ2n) is 6.55. The normalized spacial score (nSPS) is 17.8. The van der Waals surface area contributed by atoms with Crippen LogP contribution in [0.25, 0.3) is 10.9 Å². The maximum absolute atomic E-state index is 12.9. The highest BCUT2D eigenvalue weighted by Crippen LogP contribution is 2.25. The van der Waals surface area contributed by atoms with Crippen molar-refractivity contribution in [3.8, 4) is 0 Å². The molecular weight excluding hydrogens is 350 g/mol. The highest BCUT2D eigenvalue weighted by Gasteiger charge is 2.33.